The van der Waals surface area contributed by atoms with Crippen LogP contribution in [0.3, 0.4) is 0 Å². The Hall–Kier alpha value is -3.46. The number of carbonyl (C=O) groups excluding carboxylic acids is 1. The van der Waals surface area contributed by atoms with Gasteiger partial charge in [-0.2, -0.15) is 5.10 Å². The Morgan fingerprint density at radius 2 is 2.06 bits per heavy atom. The minimum atomic E-state index is -0.277. The summed E-state index contributed by atoms with van der Waals surface area (Å²) in [5.41, 5.74) is 4.36. The first kappa shape index (κ1) is 24.2. The van der Waals surface area contributed by atoms with Crippen LogP contribution in [0.25, 0.3) is 16.8 Å². The predicted octanol–water partition coefficient (Wildman–Crippen LogP) is 4.10. The van der Waals surface area contributed by atoms with Gasteiger partial charge in [-0.15, -0.1) is 0 Å². The fraction of sp³-hybridized carbons (Fsp3) is 0.296. The molecule has 2 aromatic carbocycles. The molecule has 1 saturated heterocycles. The molecule has 2 aromatic heterocycles. The van der Waals surface area contributed by atoms with Gasteiger partial charge in [0.25, 0.3) is 5.91 Å². The molecular formula is C27H29ClN6O2. The van der Waals surface area contributed by atoms with Crippen LogP contribution in [0, 0.1) is 5.92 Å². The van der Waals surface area contributed by atoms with Crippen LogP contribution >= 0.6 is 11.6 Å². The number of para-hydroxylation sites is 2. The second-order valence-corrected chi connectivity index (χ2v) is 9.44. The van der Waals surface area contributed by atoms with Gasteiger partial charge in [0.05, 0.1) is 24.2 Å². The standard InChI is InChI=1S/C27H29ClN6O2/c28-21-7-3-6-20(15-21)22-17-30-34-13-10-24(31-26(22)34)27(36)32-23-8-1-2-9-25(23)33-12-4-5-19(18-33)16-29-11-14-35/h1-3,6-10,13,15,17,19,29,35H,4-5,11-12,14,16,18H2,(H,32,36). The Balaban J connectivity index is 1.36. The zero-order valence-corrected chi connectivity index (χ0v) is 20.7. The van der Waals surface area contributed by atoms with E-state index in [1.807, 2.05) is 48.5 Å². The van der Waals surface area contributed by atoms with Crippen molar-refractivity contribution in [1.29, 1.82) is 0 Å². The minimum absolute atomic E-state index is 0.144. The molecule has 9 heteroatoms. The maximum Gasteiger partial charge on any atom is 0.274 e. The first-order valence-corrected chi connectivity index (χ1v) is 12.6. The number of aromatic nitrogens is 3. The number of halogens is 1. The number of piperidine rings is 1. The lowest BCUT2D eigenvalue weighted by Crippen LogP contribution is -2.40. The van der Waals surface area contributed by atoms with Gasteiger partial charge in [-0.25, -0.2) is 9.50 Å². The van der Waals surface area contributed by atoms with Gasteiger partial charge >= 0.3 is 0 Å². The molecule has 1 atom stereocenters. The van der Waals surface area contributed by atoms with E-state index in [-0.39, 0.29) is 12.5 Å². The van der Waals surface area contributed by atoms with Crippen molar-refractivity contribution in [3.8, 4) is 11.1 Å². The lowest BCUT2D eigenvalue weighted by molar-refractivity contribution is 0.102. The zero-order chi connectivity index (χ0) is 24.9. The molecule has 4 aromatic rings. The first-order chi connectivity index (χ1) is 17.6. The molecule has 1 fully saturated rings. The van der Waals surface area contributed by atoms with Crippen LogP contribution in [0.4, 0.5) is 11.4 Å². The van der Waals surface area contributed by atoms with Gasteiger partial charge in [-0.1, -0.05) is 35.9 Å². The van der Waals surface area contributed by atoms with Gasteiger partial charge in [-0.05, 0) is 61.2 Å². The molecular weight excluding hydrogens is 476 g/mol. The van der Waals surface area contributed by atoms with Crippen LogP contribution < -0.4 is 15.5 Å². The fourth-order valence-electron chi connectivity index (χ4n) is 4.73. The summed E-state index contributed by atoms with van der Waals surface area (Å²) in [5.74, 6) is 0.214. The molecule has 1 aliphatic rings. The SMILES string of the molecule is O=C(Nc1ccccc1N1CCCC(CNCCO)C1)c1ccn2ncc(-c3cccc(Cl)c3)c2n1. The van der Waals surface area contributed by atoms with Crippen LogP contribution in [0.2, 0.25) is 5.02 Å². The molecule has 1 aliphatic heterocycles. The fourth-order valence-corrected chi connectivity index (χ4v) is 4.92. The van der Waals surface area contributed by atoms with Gasteiger partial charge in [0.15, 0.2) is 5.65 Å². The van der Waals surface area contributed by atoms with Gasteiger partial charge in [0, 0.05) is 36.4 Å². The third kappa shape index (κ3) is 5.36. The molecule has 0 bridgehead atoms. The van der Waals surface area contributed by atoms with Crippen molar-refractivity contribution in [3.05, 3.63) is 77.7 Å². The monoisotopic (exact) mass is 504 g/mol. The van der Waals surface area contributed by atoms with E-state index in [0.29, 0.717) is 28.8 Å². The highest BCUT2D eigenvalue weighted by molar-refractivity contribution is 6.30. The predicted molar refractivity (Wildman–Crippen MR) is 143 cm³/mol. The quantitative estimate of drug-likeness (QED) is 0.313. The number of rotatable bonds is 8. The summed E-state index contributed by atoms with van der Waals surface area (Å²) in [4.78, 5) is 20.2. The van der Waals surface area contributed by atoms with Gasteiger partial charge in [0.1, 0.15) is 5.69 Å². The molecule has 186 valence electrons. The van der Waals surface area contributed by atoms with Crippen molar-refractivity contribution in [1.82, 2.24) is 19.9 Å². The summed E-state index contributed by atoms with van der Waals surface area (Å²) in [7, 11) is 0. The molecule has 36 heavy (non-hydrogen) atoms. The van der Waals surface area contributed by atoms with Crippen molar-refractivity contribution < 1.29 is 9.90 Å². The molecule has 8 nitrogen and oxygen atoms in total. The number of fused-ring (bicyclic) bond motifs is 1. The first-order valence-electron chi connectivity index (χ1n) is 12.2. The Morgan fingerprint density at radius 1 is 1.17 bits per heavy atom. The highest BCUT2D eigenvalue weighted by Crippen LogP contribution is 2.30. The van der Waals surface area contributed by atoms with Gasteiger partial charge < -0.3 is 20.6 Å². The maximum atomic E-state index is 13.3. The number of carbonyl (C=O) groups is 1. The van der Waals surface area contributed by atoms with E-state index < -0.39 is 0 Å². The van der Waals surface area contributed by atoms with E-state index >= 15 is 0 Å². The average molecular weight is 505 g/mol. The maximum absolute atomic E-state index is 13.3. The van der Waals surface area contributed by atoms with Gasteiger partial charge in [-0.3, -0.25) is 4.79 Å². The molecule has 3 N–H and O–H groups in total. The highest BCUT2D eigenvalue weighted by Gasteiger charge is 2.22. The molecule has 1 amide bonds. The third-order valence-corrected chi connectivity index (χ3v) is 6.71. The van der Waals surface area contributed by atoms with Crippen LogP contribution in [0.15, 0.2) is 67.0 Å². The number of aliphatic hydroxyl groups excluding tert-OH is 1. The molecule has 3 heterocycles. The molecule has 0 spiro atoms. The molecule has 0 saturated carbocycles. The third-order valence-electron chi connectivity index (χ3n) is 6.47. The van der Waals surface area contributed by atoms with Crippen molar-refractivity contribution in [2.24, 2.45) is 5.92 Å². The number of aliphatic hydroxyl groups is 1. The molecule has 5 rings (SSSR count). The number of nitrogens with zero attached hydrogens (tertiary/aromatic N) is 4. The number of anilines is 2. The van der Waals surface area contributed by atoms with Crippen molar-refractivity contribution in [2.45, 2.75) is 12.8 Å². The summed E-state index contributed by atoms with van der Waals surface area (Å²) in [6.07, 6.45) is 5.70. The summed E-state index contributed by atoms with van der Waals surface area (Å²) in [6, 6.07) is 17.1. The second-order valence-electron chi connectivity index (χ2n) is 9.00. The summed E-state index contributed by atoms with van der Waals surface area (Å²) in [5, 5.41) is 20.4. The number of hydrogen-bond donors (Lipinski definition) is 3. The highest BCUT2D eigenvalue weighted by atomic mass is 35.5. The Labute approximate surface area is 214 Å². The molecule has 0 aliphatic carbocycles. The molecule has 1 unspecified atom stereocenters. The van der Waals surface area contributed by atoms with Crippen LogP contribution in [0.1, 0.15) is 23.3 Å². The van der Waals surface area contributed by atoms with Crippen LogP contribution in [-0.4, -0.2) is 58.4 Å². The van der Waals surface area contributed by atoms with E-state index in [9.17, 15) is 4.79 Å². The van der Waals surface area contributed by atoms with Crippen molar-refractivity contribution in [2.75, 3.05) is 43.0 Å². The largest absolute Gasteiger partial charge is 0.395 e. The molecule has 0 radical (unpaired) electrons. The Kier molecular flexibility index (Phi) is 7.46. The second kappa shape index (κ2) is 11.1. The Morgan fingerprint density at radius 3 is 2.92 bits per heavy atom. The van der Waals surface area contributed by atoms with Crippen molar-refractivity contribution in [3.63, 3.8) is 0 Å². The lowest BCUT2D eigenvalue weighted by Gasteiger charge is -2.35. The van der Waals surface area contributed by atoms with Gasteiger partial charge in [0.2, 0.25) is 0 Å². The lowest BCUT2D eigenvalue weighted by atomic mass is 9.97. The van der Waals surface area contributed by atoms with E-state index in [1.54, 1.807) is 23.0 Å². The Bertz CT molecular complexity index is 1360. The smallest absolute Gasteiger partial charge is 0.274 e. The zero-order valence-electron chi connectivity index (χ0n) is 19.9. The van der Waals surface area contributed by atoms with Crippen molar-refractivity contribution >= 4 is 34.5 Å². The number of nitrogens with one attached hydrogen (secondary N) is 2. The van der Waals surface area contributed by atoms with Crippen LogP contribution in [0.5, 0.6) is 0 Å². The number of amides is 1. The summed E-state index contributed by atoms with van der Waals surface area (Å²) in [6.45, 7) is 3.46. The number of hydrogen-bond acceptors (Lipinski definition) is 6. The summed E-state index contributed by atoms with van der Waals surface area (Å²) < 4.78 is 1.65. The van der Waals surface area contributed by atoms with E-state index in [0.717, 1.165) is 55.0 Å². The average Bonchev–Trinajstić information content (AvgIpc) is 3.33. The normalized spacial score (nSPS) is 15.8. The number of benzene rings is 2. The topological polar surface area (TPSA) is 94.8 Å². The van der Waals surface area contributed by atoms with E-state index in [4.69, 9.17) is 16.7 Å². The van der Waals surface area contributed by atoms with Crippen LogP contribution in [-0.2, 0) is 0 Å². The minimum Gasteiger partial charge on any atom is -0.395 e. The van der Waals surface area contributed by atoms with E-state index in [2.05, 4.69) is 25.6 Å². The summed E-state index contributed by atoms with van der Waals surface area (Å²) >= 11 is 6.18. The van der Waals surface area contributed by atoms with E-state index in [1.165, 1.54) is 0 Å².